The number of carbonyl (C=O) groups is 1. The lowest BCUT2D eigenvalue weighted by Crippen LogP contribution is -2.28. The van der Waals surface area contributed by atoms with E-state index in [1.54, 1.807) is 6.20 Å². The van der Waals surface area contributed by atoms with Gasteiger partial charge in [0.05, 0.1) is 5.52 Å². The van der Waals surface area contributed by atoms with Crippen LogP contribution in [0, 0.1) is 5.92 Å². The van der Waals surface area contributed by atoms with Crippen molar-refractivity contribution in [3.05, 3.63) is 42.1 Å². The van der Waals surface area contributed by atoms with Gasteiger partial charge in [-0.2, -0.15) is 0 Å². The molecule has 1 amide bonds. The highest BCUT2D eigenvalue weighted by atomic mass is 16.1. The molecule has 19 heavy (non-hydrogen) atoms. The molecule has 3 nitrogen and oxygen atoms in total. The van der Waals surface area contributed by atoms with Crippen LogP contribution in [-0.2, 0) is 11.3 Å². The third kappa shape index (κ3) is 2.60. The maximum absolute atomic E-state index is 12.0. The van der Waals surface area contributed by atoms with Crippen LogP contribution < -0.4 is 5.32 Å². The van der Waals surface area contributed by atoms with Gasteiger partial charge in [-0.25, -0.2) is 0 Å². The number of aromatic nitrogens is 1. The van der Waals surface area contributed by atoms with E-state index in [0.717, 1.165) is 29.3 Å². The second-order valence-electron chi connectivity index (χ2n) is 5.19. The van der Waals surface area contributed by atoms with Gasteiger partial charge in [-0.05, 0) is 30.5 Å². The SMILES string of the molecule is O=C(NCc1ccnc2ccccc12)C1CCCC1. The Balaban J connectivity index is 1.73. The molecule has 2 aromatic rings. The van der Waals surface area contributed by atoms with Gasteiger partial charge in [0.15, 0.2) is 0 Å². The van der Waals surface area contributed by atoms with E-state index in [9.17, 15) is 4.79 Å². The molecular weight excluding hydrogens is 236 g/mol. The monoisotopic (exact) mass is 254 g/mol. The summed E-state index contributed by atoms with van der Waals surface area (Å²) in [6.45, 7) is 0.596. The van der Waals surface area contributed by atoms with Gasteiger partial charge in [-0.15, -0.1) is 0 Å². The Labute approximate surface area is 113 Å². The van der Waals surface area contributed by atoms with E-state index in [4.69, 9.17) is 0 Å². The average molecular weight is 254 g/mol. The first-order valence-electron chi connectivity index (χ1n) is 6.95. The van der Waals surface area contributed by atoms with E-state index in [0.29, 0.717) is 6.54 Å². The Kier molecular flexibility index (Phi) is 3.45. The summed E-state index contributed by atoms with van der Waals surface area (Å²) in [5, 5.41) is 4.19. The summed E-state index contributed by atoms with van der Waals surface area (Å²) in [6.07, 6.45) is 6.28. The van der Waals surface area contributed by atoms with Crippen LogP contribution in [0.25, 0.3) is 10.9 Å². The lowest BCUT2D eigenvalue weighted by atomic mass is 10.1. The van der Waals surface area contributed by atoms with Gasteiger partial charge in [-0.1, -0.05) is 31.0 Å². The number of rotatable bonds is 3. The van der Waals surface area contributed by atoms with Crippen molar-refractivity contribution in [2.24, 2.45) is 5.92 Å². The molecular formula is C16H18N2O. The molecule has 1 saturated carbocycles. The third-order valence-corrected chi connectivity index (χ3v) is 3.92. The molecule has 0 saturated heterocycles. The Morgan fingerprint density at radius 1 is 1.21 bits per heavy atom. The second-order valence-corrected chi connectivity index (χ2v) is 5.19. The molecule has 3 rings (SSSR count). The van der Waals surface area contributed by atoms with E-state index in [2.05, 4.69) is 16.4 Å². The molecule has 1 fully saturated rings. The zero-order valence-electron chi connectivity index (χ0n) is 10.9. The van der Waals surface area contributed by atoms with Crippen LogP contribution in [0.5, 0.6) is 0 Å². The van der Waals surface area contributed by atoms with Crippen molar-refractivity contribution in [1.82, 2.24) is 10.3 Å². The molecule has 1 heterocycles. The fourth-order valence-electron chi connectivity index (χ4n) is 2.82. The van der Waals surface area contributed by atoms with Gasteiger partial charge in [-0.3, -0.25) is 9.78 Å². The van der Waals surface area contributed by atoms with Crippen LogP contribution in [0.1, 0.15) is 31.2 Å². The number of carbonyl (C=O) groups excluding carboxylic acids is 1. The lowest BCUT2D eigenvalue weighted by Gasteiger charge is -2.11. The molecule has 0 radical (unpaired) electrons. The first kappa shape index (κ1) is 12.2. The summed E-state index contributed by atoms with van der Waals surface area (Å²) in [7, 11) is 0. The molecule has 1 aromatic heterocycles. The molecule has 3 heteroatoms. The highest BCUT2D eigenvalue weighted by Gasteiger charge is 2.22. The van der Waals surface area contributed by atoms with E-state index in [1.807, 2.05) is 24.3 Å². The van der Waals surface area contributed by atoms with Crippen molar-refractivity contribution in [1.29, 1.82) is 0 Å². The first-order valence-corrected chi connectivity index (χ1v) is 6.95. The summed E-state index contributed by atoms with van der Waals surface area (Å²) in [5.41, 5.74) is 2.12. The number of nitrogens with zero attached hydrogens (tertiary/aromatic N) is 1. The molecule has 1 aliphatic rings. The van der Waals surface area contributed by atoms with Crippen molar-refractivity contribution in [3.63, 3.8) is 0 Å². The van der Waals surface area contributed by atoms with Gasteiger partial charge in [0.2, 0.25) is 5.91 Å². The quantitative estimate of drug-likeness (QED) is 0.914. The number of hydrogen-bond acceptors (Lipinski definition) is 2. The van der Waals surface area contributed by atoms with Crippen LogP contribution in [-0.4, -0.2) is 10.9 Å². The van der Waals surface area contributed by atoms with Gasteiger partial charge in [0, 0.05) is 24.0 Å². The topological polar surface area (TPSA) is 42.0 Å². The smallest absolute Gasteiger partial charge is 0.223 e. The Hall–Kier alpha value is -1.90. The van der Waals surface area contributed by atoms with Gasteiger partial charge in [0.1, 0.15) is 0 Å². The normalized spacial score (nSPS) is 15.8. The number of hydrogen-bond donors (Lipinski definition) is 1. The predicted molar refractivity (Wildman–Crippen MR) is 75.5 cm³/mol. The molecule has 98 valence electrons. The lowest BCUT2D eigenvalue weighted by molar-refractivity contribution is -0.124. The number of amides is 1. The summed E-state index contributed by atoms with van der Waals surface area (Å²) in [5.74, 6) is 0.437. The van der Waals surface area contributed by atoms with E-state index >= 15 is 0 Å². The molecule has 1 aromatic carbocycles. The number of fused-ring (bicyclic) bond motifs is 1. The van der Waals surface area contributed by atoms with Crippen LogP contribution in [0.2, 0.25) is 0 Å². The number of pyridine rings is 1. The number of benzene rings is 1. The average Bonchev–Trinajstić information content (AvgIpc) is 2.99. The van der Waals surface area contributed by atoms with E-state index in [1.165, 1.54) is 12.8 Å². The molecule has 0 atom stereocenters. The Morgan fingerprint density at radius 3 is 2.84 bits per heavy atom. The fraction of sp³-hybridized carbons (Fsp3) is 0.375. The van der Waals surface area contributed by atoms with Crippen molar-refractivity contribution >= 4 is 16.8 Å². The number of nitrogens with one attached hydrogen (secondary N) is 1. The molecule has 1 N–H and O–H groups in total. The molecule has 0 unspecified atom stereocenters. The summed E-state index contributed by atoms with van der Waals surface area (Å²) in [6, 6.07) is 10.0. The fourth-order valence-corrected chi connectivity index (χ4v) is 2.82. The van der Waals surface area contributed by atoms with Crippen LogP contribution in [0.15, 0.2) is 36.5 Å². The maximum atomic E-state index is 12.0. The van der Waals surface area contributed by atoms with Crippen LogP contribution >= 0.6 is 0 Å². The van der Waals surface area contributed by atoms with Gasteiger partial charge >= 0.3 is 0 Å². The van der Waals surface area contributed by atoms with Crippen LogP contribution in [0.4, 0.5) is 0 Å². The highest BCUT2D eigenvalue weighted by Crippen LogP contribution is 2.25. The van der Waals surface area contributed by atoms with E-state index in [-0.39, 0.29) is 11.8 Å². The first-order chi connectivity index (χ1) is 9.34. The molecule has 0 spiro atoms. The molecule has 0 aliphatic heterocycles. The minimum atomic E-state index is 0.207. The van der Waals surface area contributed by atoms with Crippen molar-refractivity contribution in [2.45, 2.75) is 32.2 Å². The van der Waals surface area contributed by atoms with Crippen molar-refractivity contribution < 1.29 is 4.79 Å². The summed E-state index contributed by atoms with van der Waals surface area (Å²) in [4.78, 5) is 16.4. The Morgan fingerprint density at radius 2 is 2.00 bits per heavy atom. The second kappa shape index (κ2) is 5.39. The zero-order chi connectivity index (χ0) is 13.1. The molecule has 0 bridgehead atoms. The van der Waals surface area contributed by atoms with Crippen molar-refractivity contribution in [2.75, 3.05) is 0 Å². The highest BCUT2D eigenvalue weighted by molar-refractivity contribution is 5.83. The number of para-hydroxylation sites is 1. The minimum Gasteiger partial charge on any atom is -0.352 e. The molecule has 1 aliphatic carbocycles. The predicted octanol–water partition coefficient (Wildman–Crippen LogP) is 3.04. The van der Waals surface area contributed by atoms with Gasteiger partial charge < -0.3 is 5.32 Å². The zero-order valence-corrected chi connectivity index (χ0v) is 10.9. The summed E-state index contributed by atoms with van der Waals surface area (Å²) >= 11 is 0. The largest absolute Gasteiger partial charge is 0.352 e. The standard InChI is InChI=1S/C16H18N2O/c19-16(12-5-1-2-6-12)18-11-13-9-10-17-15-8-4-3-7-14(13)15/h3-4,7-10,12H,1-2,5-6,11H2,(H,18,19). The van der Waals surface area contributed by atoms with Gasteiger partial charge in [0.25, 0.3) is 0 Å². The maximum Gasteiger partial charge on any atom is 0.223 e. The minimum absolute atomic E-state index is 0.207. The van der Waals surface area contributed by atoms with Crippen LogP contribution in [0.3, 0.4) is 0 Å². The summed E-state index contributed by atoms with van der Waals surface area (Å²) < 4.78 is 0. The van der Waals surface area contributed by atoms with Crippen molar-refractivity contribution in [3.8, 4) is 0 Å². The van der Waals surface area contributed by atoms with E-state index < -0.39 is 0 Å². The third-order valence-electron chi connectivity index (χ3n) is 3.92. The Bertz CT molecular complexity index is 583.